The third kappa shape index (κ3) is 3.86. The van der Waals surface area contributed by atoms with E-state index in [1.807, 2.05) is 31.4 Å². The Morgan fingerprint density at radius 1 is 1.43 bits per heavy atom. The number of hydrogen-bond donors (Lipinski definition) is 1. The molecule has 2 heterocycles. The van der Waals surface area contributed by atoms with Crippen molar-refractivity contribution in [2.75, 3.05) is 0 Å². The van der Waals surface area contributed by atoms with Crippen LogP contribution in [-0.4, -0.2) is 26.8 Å². The van der Waals surface area contributed by atoms with Crippen molar-refractivity contribution in [2.45, 2.75) is 26.4 Å². The second-order valence-electron chi connectivity index (χ2n) is 4.90. The van der Waals surface area contributed by atoms with Gasteiger partial charge in [0, 0.05) is 22.7 Å². The fourth-order valence-corrected chi connectivity index (χ4v) is 2.70. The van der Waals surface area contributed by atoms with Crippen LogP contribution in [0.15, 0.2) is 35.8 Å². The molecule has 2 rings (SSSR count). The standard InChI is InChI=1S/C15H17N3OS2/c1-10(2)18(9-12-4-3-7-21-12)15(19)13-6-5-11(8-17-13)14(16)20/h3-8,10H,9H2,1-2H3,(H2,16,20). The summed E-state index contributed by atoms with van der Waals surface area (Å²) in [4.78, 5) is 20.0. The van der Waals surface area contributed by atoms with E-state index in [1.54, 1.807) is 34.6 Å². The SMILES string of the molecule is CC(C)N(Cc1cccs1)C(=O)c1ccc(C(N)=S)cn1. The summed E-state index contributed by atoms with van der Waals surface area (Å²) < 4.78 is 0. The highest BCUT2D eigenvalue weighted by molar-refractivity contribution is 7.80. The molecular formula is C15H17N3OS2. The first kappa shape index (κ1) is 15.6. The number of amides is 1. The minimum absolute atomic E-state index is 0.0899. The number of thiophene rings is 1. The molecule has 0 aliphatic heterocycles. The summed E-state index contributed by atoms with van der Waals surface area (Å²) in [5, 5.41) is 2.01. The second-order valence-corrected chi connectivity index (χ2v) is 6.37. The third-order valence-electron chi connectivity index (χ3n) is 3.06. The van der Waals surface area contributed by atoms with Gasteiger partial charge >= 0.3 is 0 Å². The first-order valence-corrected chi connectivity index (χ1v) is 7.87. The highest BCUT2D eigenvalue weighted by Gasteiger charge is 2.20. The maximum atomic E-state index is 12.6. The van der Waals surface area contributed by atoms with Gasteiger partial charge in [0.15, 0.2) is 0 Å². The van der Waals surface area contributed by atoms with Crippen molar-refractivity contribution in [3.63, 3.8) is 0 Å². The summed E-state index contributed by atoms with van der Waals surface area (Å²) in [6.45, 7) is 4.58. The number of nitrogens with two attached hydrogens (primary N) is 1. The van der Waals surface area contributed by atoms with E-state index >= 15 is 0 Å². The number of nitrogens with zero attached hydrogens (tertiary/aromatic N) is 2. The molecule has 6 heteroatoms. The zero-order valence-electron chi connectivity index (χ0n) is 11.9. The molecule has 0 spiro atoms. The topological polar surface area (TPSA) is 59.2 Å². The molecule has 0 aliphatic rings. The highest BCUT2D eigenvalue weighted by Crippen LogP contribution is 2.16. The number of hydrogen-bond acceptors (Lipinski definition) is 4. The van der Waals surface area contributed by atoms with Gasteiger partial charge in [-0.05, 0) is 37.4 Å². The first-order chi connectivity index (χ1) is 9.99. The smallest absolute Gasteiger partial charge is 0.273 e. The Morgan fingerprint density at radius 2 is 2.19 bits per heavy atom. The molecule has 110 valence electrons. The Balaban J connectivity index is 2.19. The van der Waals surface area contributed by atoms with E-state index in [1.165, 1.54) is 0 Å². The lowest BCUT2D eigenvalue weighted by Gasteiger charge is -2.26. The summed E-state index contributed by atoms with van der Waals surface area (Å²) in [5.41, 5.74) is 6.60. The fraction of sp³-hybridized carbons (Fsp3) is 0.267. The Bertz CT molecular complexity index is 621. The lowest BCUT2D eigenvalue weighted by molar-refractivity contribution is 0.0686. The van der Waals surface area contributed by atoms with E-state index < -0.39 is 0 Å². The highest BCUT2D eigenvalue weighted by atomic mass is 32.1. The van der Waals surface area contributed by atoms with Crippen molar-refractivity contribution in [1.29, 1.82) is 0 Å². The number of carbonyl (C=O) groups excluding carboxylic acids is 1. The van der Waals surface area contributed by atoms with Gasteiger partial charge in [-0.3, -0.25) is 9.78 Å². The van der Waals surface area contributed by atoms with Crippen LogP contribution in [0.2, 0.25) is 0 Å². The monoisotopic (exact) mass is 319 g/mol. The molecule has 2 aromatic rings. The van der Waals surface area contributed by atoms with Gasteiger partial charge in [-0.15, -0.1) is 11.3 Å². The minimum Gasteiger partial charge on any atom is -0.389 e. The zero-order chi connectivity index (χ0) is 15.4. The number of thiocarbonyl (C=S) groups is 1. The van der Waals surface area contributed by atoms with Gasteiger partial charge in [0.2, 0.25) is 0 Å². The Kier molecular flexibility index (Phi) is 5.03. The first-order valence-electron chi connectivity index (χ1n) is 6.58. The average Bonchev–Trinajstić information content (AvgIpc) is 2.97. The summed E-state index contributed by atoms with van der Waals surface area (Å²) in [6, 6.07) is 7.50. The number of pyridine rings is 1. The van der Waals surface area contributed by atoms with Gasteiger partial charge in [0.05, 0.1) is 6.54 Å². The maximum absolute atomic E-state index is 12.6. The molecular weight excluding hydrogens is 302 g/mol. The van der Waals surface area contributed by atoms with E-state index in [4.69, 9.17) is 18.0 Å². The van der Waals surface area contributed by atoms with Crippen LogP contribution in [0.4, 0.5) is 0 Å². The van der Waals surface area contributed by atoms with Crippen LogP contribution in [0.25, 0.3) is 0 Å². The zero-order valence-corrected chi connectivity index (χ0v) is 13.6. The number of rotatable bonds is 5. The average molecular weight is 319 g/mol. The van der Waals surface area contributed by atoms with Gasteiger partial charge in [-0.25, -0.2) is 0 Å². The maximum Gasteiger partial charge on any atom is 0.273 e. The van der Waals surface area contributed by atoms with Gasteiger partial charge in [0.1, 0.15) is 10.7 Å². The molecule has 2 N–H and O–H groups in total. The number of aromatic nitrogens is 1. The van der Waals surface area contributed by atoms with Crippen LogP contribution in [0, 0.1) is 0 Å². The Hall–Kier alpha value is -1.79. The van der Waals surface area contributed by atoms with E-state index in [0.29, 0.717) is 17.8 Å². The van der Waals surface area contributed by atoms with Gasteiger partial charge in [-0.2, -0.15) is 0 Å². The van der Waals surface area contributed by atoms with Crippen LogP contribution in [-0.2, 0) is 6.54 Å². The van der Waals surface area contributed by atoms with Gasteiger partial charge in [-0.1, -0.05) is 18.3 Å². The molecule has 0 aliphatic carbocycles. The summed E-state index contributed by atoms with van der Waals surface area (Å²) in [6.07, 6.45) is 1.54. The molecule has 0 aromatic carbocycles. The van der Waals surface area contributed by atoms with E-state index in [-0.39, 0.29) is 16.9 Å². The molecule has 0 bridgehead atoms. The molecule has 0 fully saturated rings. The summed E-state index contributed by atoms with van der Waals surface area (Å²) >= 11 is 6.52. The van der Waals surface area contributed by atoms with Crippen molar-refractivity contribution in [3.05, 3.63) is 52.0 Å². The van der Waals surface area contributed by atoms with Crippen LogP contribution in [0.1, 0.15) is 34.8 Å². The van der Waals surface area contributed by atoms with Crippen LogP contribution < -0.4 is 5.73 Å². The number of carbonyl (C=O) groups is 1. The molecule has 2 aromatic heterocycles. The Morgan fingerprint density at radius 3 is 2.67 bits per heavy atom. The molecule has 4 nitrogen and oxygen atoms in total. The van der Waals surface area contributed by atoms with Crippen molar-refractivity contribution in [2.24, 2.45) is 5.73 Å². The second kappa shape index (κ2) is 6.78. The molecule has 1 amide bonds. The predicted octanol–water partition coefficient (Wildman–Crippen LogP) is 2.83. The van der Waals surface area contributed by atoms with Crippen molar-refractivity contribution >= 4 is 34.5 Å². The largest absolute Gasteiger partial charge is 0.389 e. The van der Waals surface area contributed by atoms with Crippen molar-refractivity contribution < 1.29 is 4.79 Å². The van der Waals surface area contributed by atoms with Crippen LogP contribution in [0.5, 0.6) is 0 Å². The molecule has 0 atom stereocenters. The van der Waals surface area contributed by atoms with E-state index in [2.05, 4.69) is 4.98 Å². The van der Waals surface area contributed by atoms with Crippen LogP contribution >= 0.6 is 23.6 Å². The molecule has 21 heavy (non-hydrogen) atoms. The molecule has 0 saturated carbocycles. The van der Waals surface area contributed by atoms with Crippen molar-refractivity contribution in [1.82, 2.24) is 9.88 Å². The summed E-state index contributed by atoms with van der Waals surface area (Å²) in [5.74, 6) is -0.0899. The quantitative estimate of drug-likeness (QED) is 0.861. The van der Waals surface area contributed by atoms with Crippen molar-refractivity contribution in [3.8, 4) is 0 Å². The summed E-state index contributed by atoms with van der Waals surface area (Å²) in [7, 11) is 0. The molecule has 0 saturated heterocycles. The predicted molar refractivity (Wildman–Crippen MR) is 89.5 cm³/mol. The minimum atomic E-state index is -0.0899. The van der Waals surface area contributed by atoms with Gasteiger partial charge in [0.25, 0.3) is 5.91 Å². The third-order valence-corrected chi connectivity index (χ3v) is 4.15. The van der Waals surface area contributed by atoms with Crippen LogP contribution in [0.3, 0.4) is 0 Å². The normalized spacial score (nSPS) is 10.6. The fourth-order valence-electron chi connectivity index (χ4n) is 1.87. The molecule has 0 radical (unpaired) electrons. The molecule has 0 unspecified atom stereocenters. The lowest BCUT2D eigenvalue weighted by Crippen LogP contribution is -2.36. The lowest BCUT2D eigenvalue weighted by atomic mass is 10.2. The van der Waals surface area contributed by atoms with Gasteiger partial charge < -0.3 is 10.6 Å². The Labute approximate surface area is 133 Å². The van der Waals surface area contributed by atoms with E-state index in [0.717, 1.165) is 4.88 Å². The van der Waals surface area contributed by atoms with E-state index in [9.17, 15) is 4.79 Å².